The van der Waals surface area contributed by atoms with Gasteiger partial charge in [0.25, 0.3) is 5.91 Å². The normalized spacial score (nSPS) is 10.5. The van der Waals surface area contributed by atoms with E-state index in [0.717, 1.165) is 0 Å². The van der Waals surface area contributed by atoms with E-state index in [4.69, 9.17) is 5.11 Å². The molecule has 0 aliphatic rings. The Morgan fingerprint density at radius 1 is 1.26 bits per heavy atom. The number of carbonyl (C=O) groups is 2. The molecule has 7 heteroatoms. The molecule has 1 aromatic carbocycles. The van der Waals surface area contributed by atoms with E-state index in [1.165, 1.54) is 17.4 Å². The lowest BCUT2D eigenvalue weighted by atomic mass is 10.1. The monoisotopic (exact) mass is 336 g/mol. The molecule has 5 nitrogen and oxygen atoms in total. The number of nitrogens with zero attached hydrogens (tertiary/aromatic N) is 1. The number of carbonyl (C=O) groups excluding carboxylic acids is 1. The Kier molecular flexibility index (Phi) is 6.22. The largest absolute Gasteiger partial charge is 0.481 e. The Hall–Kier alpha value is -2.28. The van der Waals surface area contributed by atoms with Gasteiger partial charge in [0.1, 0.15) is 11.5 Å². The SMILES string of the molecule is O=C(O)CCCCNC(=O)c1csc(Cc2ccccc2F)n1. The van der Waals surface area contributed by atoms with Crippen molar-refractivity contribution in [1.29, 1.82) is 0 Å². The van der Waals surface area contributed by atoms with Crippen LogP contribution in [0.25, 0.3) is 0 Å². The maximum absolute atomic E-state index is 13.6. The number of thiazole rings is 1. The number of carboxylic acid groups (broad SMARTS) is 1. The summed E-state index contributed by atoms with van der Waals surface area (Å²) in [7, 11) is 0. The Bertz CT molecular complexity index is 687. The fourth-order valence-electron chi connectivity index (χ4n) is 1.99. The zero-order chi connectivity index (χ0) is 16.7. The van der Waals surface area contributed by atoms with Gasteiger partial charge < -0.3 is 10.4 Å². The van der Waals surface area contributed by atoms with Crippen molar-refractivity contribution in [2.75, 3.05) is 6.54 Å². The van der Waals surface area contributed by atoms with E-state index in [0.29, 0.717) is 42.1 Å². The Morgan fingerprint density at radius 3 is 2.78 bits per heavy atom. The third kappa shape index (κ3) is 5.45. The molecule has 0 unspecified atom stereocenters. The highest BCUT2D eigenvalue weighted by molar-refractivity contribution is 7.09. The Labute approximate surface area is 137 Å². The summed E-state index contributed by atoms with van der Waals surface area (Å²) in [6.07, 6.45) is 1.57. The van der Waals surface area contributed by atoms with E-state index in [-0.39, 0.29) is 18.1 Å². The average Bonchev–Trinajstić information content (AvgIpc) is 2.97. The molecule has 1 heterocycles. The predicted molar refractivity (Wildman–Crippen MR) is 85.1 cm³/mol. The minimum Gasteiger partial charge on any atom is -0.481 e. The summed E-state index contributed by atoms with van der Waals surface area (Å²) in [4.78, 5) is 26.5. The third-order valence-corrected chi connectivity index (χ3v) is 4.04. The maximum Gasteiger partial charge on any atom is 0.303 e. The number of hydrogen-bond donors (Lipinski definition) is 2. The van der Waals surface area contributed by atoms with Gasteiger partial charge in [-0.2, -0.15) is 0 Å². The van der Waals surface area contributed by atoms with Crippen LogP contribution in [0.15, 0.2) is 29.6 Å². The van der Waals surface area contributed by atoms with Crippen LogP contribution in [0.3, 0.4) is 0 Å². The summed E-state index contributed by atoms with van der Waals surface area (Å²) in [5.74, 6) is -1.42. The Balaban J connectivity index is 1.83. The molecule has 1 aromatic heterocycles. The van der Waals surface area contributed by atoms with Gasteiger partial charge in [0.05, 0.1) is 5.01 Å². The molecule has 1 amide bonds. The summed E-state index contributed by atoms with van der Waals surface area (Å²) in [6, 6.07) is 6.48. The van der Waals surface area contributed by atoms with Crippen LogP contribution in [0, 0.1) is 5.82 Å². The maximum atomic E-state index is 13.6. The first kappa shape index (κ1) is 17.1. The second kappa shape index (κ2) is 8.38. The van der Waals surface area contributed by atoms with Crippen molar-refractivity contribution in [2.24, 2.45) is 0 Å². The number of unbranched alkanes of at least 4 members (excludes halogenated alkanes) is 1. The number of amides is 1. The van der Waals surface area contributed by atoms with E-state index >= 15 is 0 Å². The summed E-state index contributed by atoms with van der Waals surface area (Å²) < 4.78 is 13.6. The Morgan fingerprint density at radius 2 is 2.04 bits per heavy atom. The number of halogens is 1. The van der Waals surface area contributed by atoms with E-state index in [1.807, 2.05) is 0 Å². The summed E-state index contributed by atoms with van der Waals surface area (Å²) in [5, 5.41) is 13.5. The second-order valence-electron chi connectivity index (χ2n) is 5.00. The van der Waals surface area contributed by atoms with Crippen molar-refractivity contribution >= 4 is 23.2 Å². The lowest BCUT2D eigenvalue weighted by molar-refractivity contribution is -0.137. The number of rotatable bonds is 8. The van der Waals surface area contributed by atoms with Crippen LogP contribution < -0.4 is 5.32 Å². The minimum atomic E-state index is -0.839. The van der Waals surface area contributed by atoms with Crippen LogP contribution in [0.5, 0.6) is 0 Å². The van der Waals surface area contributed by atoms with Gasteiger partial charge in [-0.3, -0.25) is 9.59 Å². The molecule has 122 valence electrons. The number of nitrogens with one attached hydrogen (secondary N) is 1. The fraction of sp³-hybridized carbons (Fsp3) is 0.312. The first-order chi connectivity index (χ1) is 11.1. The summed E-state index contributed by atoms with van der Waals surface area (Å²) in [6.45, 7) is 0.409. The molecule has 0 radical (unpaired) electrons. The van der Waals surface area contributed by atoms with E-state index in [1.54, 1.807) is 23.6 Å². The number of benzene rings is 1. The zero-order valence-electron chi connectivity index (χ0n) is 12.4. The highest BCUT2D eigenvalue weighted by Gasteiger charge is 2.12. The zero-order valence-corrected chi connectivity index (χ0v) is 13.2. The average molecular weight is 336 g/mol. The molecule has 0 spiro atoms. The number of hydrogen-bond acceptors (Lipinski definition) is 4. The molecule has 0 aliphatic heterocycles. The molecular weight excluding hydrogens is 319 g/mol. The molecule has 0 saturated carbocycles. The predicted octanol–water partition coefficient (Wildman–Crippen LogP) is 2.86. The standard InChI is InChI=1S/C16H17FN2O3S/c17-12-6-2-1-5-11(12)9-14-19-13(10-23-14)16(22)18-8-4-3-7-15(20)21/h1-2,5-6,10H,3-4,7-9H2,(H,18,22)(H,20,21). The highest BCUT2D eigenvalue weighted by Crippen LogP contribution is 2.17. The van der Waals surface area contributed by atoms with E-state index < -0.39 is 5.97 Å². The fourth-order valence-corrected chi connectivity index (χ4v) is 2.79. The first-order valence-electron chi connectivity index (χ1n) is 7.24. The van der Waals surface area contributed by atoms with Crippen molar-refractivity contribution in [2.45, 2.75) is 25.7 Å². The van der Waals surface area contributed by atoms with Crippen LogP contribution in [-0.4, -0.2) is 28.5 Å². The molecule has 23 heavy (non-hydrogen) atoms. The molecule has 0 atom stereocenters. The van der Waals surface area contributed by atoms with Gasteiger partial charge in [0, 0.05) is 24.8 Å². The van der Waals surface area contributed by atoms with E-state index in [9.17, 15) is 14.0 Å². The molecule has 0 saturated heterocycles. The van der Waals surface area contributed by atoms with Crippen molar-refractivity contribution in [3.05, 3.63) is 51.7 Å². The van der Waals surface area contributed by atoms with Crippen molar-refractivity contribution in [3.63, 3.8) is 0 Å². The molecule has 0 fully saturated rings. The molecular formula is C16H17FN2O3S. The van der Waals surface area contributed by atoms with Gasteiger partial charge in [0.15, 0.2) is 0 Å². The summed E-state index contributed by atoms with van der Waals surface area (Å²) >= 11 is 1.31. The van der Waals surface area contributed by atoms with Crippen molar-refractivity contribution in [3.8, 4) is 0 Å². The van der Waals surface area contributed by atoms with Gasteiger partial charge in [-0.25, -0.2) is 9.37 Å². The minimum absolute atomic E-state index is 0.0966. The number of carboxylic acids is 1. The van der Waals surface area contributed by atoms with Gasteiger partial charge in [-0.1, -0.05) is 18.2 Å². The van der Waals surface area contributed by atoms with Crippen molar-refractivity contribution < 1.29 is 19.1 Å². The van der Waals surface area contributed by atoms with Gasteiger partial charge in [-0.05, 0) is 24.5 Å². The molecule has 2 aromatic rings. The lowest BCUT2D eigenvalue weighted by Gasteiger charge is -2.02. The topological polar surface area (TPSA) is 79.3 Å². The summed E-state index contributed by atoms with van der Waals surface area (Å²) in [5.41, 5.74) is 0.849. The van der Waals surface area contributed by atoms with Gasteiger partial charge in [-0.15, -0.1) is 11.3 Å². The lowest BCUT2D eigenvalue weighted by Crippen LogP contribution is -2.24. The van der Waals surface area contributed by atoms with Crippen LogP contribution >= 0.6 is 11.3 Å². The van der Waals surface area contributed by atoms with Crippen LogP contribution in [0.4, 0.5) is 4.39 Å². The van der Waals surface area contributed by atoms with Crippen LogP contribution in [0.1, 0.15) is 40.3 Å². The molecule has 0 bridgehead atoms. The first-order valence-corrected chi connectivity index (χ1v) is 8.12. The molecule has 0 aliphatic carbocycles. The van der Waals surface area contributed by atoms with Crippen molar-refractivity contribution in [1.82, 2.24) is 10.3 Å². The quantitative estimate of drug-likeness (QED) is 0.727. The van der Waals surface area contributed by atoms with E-state index in [2.05, 4.69) is 10.3 Å². The molecule has 2 N–H and O–H groups in total. The van der Waals surface area contributed by atoms with Crippen LogP contribution in [-0.2, 0) is 11.2 Å². The van der Waals surface area contributed by atoms with Crippen LogP contribution in [0.2, 0.25) is 0 Å². The smallest absolute Gasteiger partial charge is 0.303 e. The highest BCUT2D eigenvalue weighted by atomic mass is 32.1. The third-order valence-electron chi connectivity index (χ3n) is 3.19. The second-order valence-corrected chi connectivity index (χ2v) is 5.94. The number of aliphatic carboxylic acids is 1. The number of aromatic nitrogens is 1. The van der Waals surface area contributed by atoms with Gasteiger partial charge >= 0.3 is 5.97 Å². The molecule has 2 rings (SSSR count). The van der Waals surface area contributed by atoms with Gasteiger partial charge in [0.2, 0.25) is 0 Å².